The van der Waals surface area contributed by atoms with Crippen LogP contribution in [0.3, 0.4) is 0 Å². The maximum absolute atomic E-state index is 5.16. The van der Waals surface area contributed by atoms with E-state index in [1.807, 2.05) is 24.4 Å². The van der Waals surface area contributed by atoms with E-state index in [9.17, 15) is 0 Å². The molecule has 0 aliphatic rings. The Kier molecular flexibility index (Phi) is 0.913. The molecule has 0 amide bonds. The monoisotopic (exact) mass is 158 g/mol. The lowest BCUT2D eigenvalue weighted by Crippen LogP contribution is -1.68. The normalized spacial score (nSPS) is 11.3. The Balaban J connectivity index is 2.62. The fraction of sp³-hybridized carbons (Fsp3) is 0. The van der Waals surface area contributed by atoms with Gasteiger partial charge in [-0.3, -0.25) is 0 Å². The Bertz CT molecular complexity index is 444. The molecule has 2 aromatic heterocycles. The Morgan fingerprint density at radius 3 is 3.33 bits per heavy atom. The molecule has 0 aliphatic heterocycles. The van der Waals surface area contributed by atoms with Gasteiger partial charge in [-0.2, -0.15) is 0 Å². The molecule has 3 aromatic rings. The van der Waals surface area contributed by atoms with Gasteiger partial charge in [0.2, 0.25) is 0 Å². The third-order valence-electron chi connectivity index (χ3n) is 2.00. The molecule has 0 radical (unpaired) electrons. The summed E-state index contributed by atoms with van der Waals surface area (Å²) in [5.41, 5.74) is 2.81. The molecule has 0 atom stereocenters. The molecule has 3 rings (SSSR count). The van der Waals surface area contributed by atoms with Crippen LogP contribution in [0.5, 0.6) is 0 Å². The van der Waals surface area contributed by atoms with Crippen molar-refractivity contribution in [1.82, 2.24) is 9.97 Å². The lowest BCUT2D eigenvalue weighted by atomic mass is 10.2. The van der Waals surface area contributed by atoms with Gasteiger partial charge in [0.15, 0.2) is 12.0 Å². The maximum Gasteiger partial charge on any atom is 0.181 e. The van der Waals surface area contributed by atoms with Crippen molar-refractivity contribution < 1.29 is 4.42 Å². The third-order valence-corrected chi connectivity index (χ3v) is 2.00. The largest absolute Gasteiger partial charge is 0.443 e. The molecule has 0 unspecified atom stereocenters. The van der Waals surface area contributed by atoms with Crippen LogP contribution < -0.4 is 0 Å². The Morgan fingerprint density at radius 1 is 1.33 bits per heavy atom. The second-order valence-corrected chi connectivity index (χ2v) is 2.74. The predicted molar refractivity (Wildman–Crippen MR) is 45.9 cm³/mol. The first-order chi connectivity index (χ1) is 5.93. The number of H-pyrrole nitrogens is 1. The minimum atomic E-state index is 0.824. The van der Waals surface area contributed by atoms with Crippen molar-refractivity contribution in [2.75, 3.05) is 0 Å². The van der Waals surface area contributed by atoms with Crippen LogP contribution in [0.2, 0.25) is 0 Å². The smallest absolute Gasteiger partial charge is 0.181 e. The van der Waals surface area contributed by atoms with Gasteiger partial charge in [-0.05, 0) is 12.1 Å². The maximum atomic E-state index is 5.16. The summed E-state index contributed by atoms with van der Waals surface area (Å²) in [4.78, 5) is 7.18. The summed E-state index contributed by atoms with van der Waals surface area (Å²) in [5, 5.41) is 1.16. The minimum absolute atomic E-state index is 0.824. The van der Waals surface area contributed by atoms with Crippen molar-refractivity contribution in [2.45, 2.75) is 0 Å². The number of hydrogen-bond donors (Lipinski definition) is 1. The Hall–Kier alpha value is -1.77. The molecule has 0 spiro atoms. The Labute approximate surface area is 68.0 Å². The van der Waals surface area contributed by atoms with Crippen LogP contribution in [0.25, 0.3) is 22.0 Å². The standard InChI is InChI=1S/C9H6N2O/c1-2-10-7-4-9-8(3-6(1)7)11-5-12-9/h1-5,10H. The zero-order chi connectivity index (χ0) is 7.97. The second kappa shape index (κ2) is 1.88. The van der Waals surface area contributed by atoms with Crippen LogP contribution >= 0.6 is 0 Å². The zero-order valence-electron chi connectivity index (χ0n) is 6.24. The molecule has 0 aliphatic carbocycles. The molecule has 12 heavy (non-hydrogen) atoms. The second-order valence-electron chi connectivity index (χ2n) is 2.74. The summed E-state index contributed by atoms with van der Waals surface area (Å²) >= 11 is 0. The minimum Gasteiger partial charge on any atom is -0.443 e. The van der Waals surface area contributed by atoms with Gasteiger partial charge < -0.3 is 9.40 Å². The predicted octanol–water partition coefficient (Wildman–Crippen LogP) is 2.31. The molecule has 1 N–H and O–H groups in total. The van der Waals surface area contributed by atoms with Crippen LogP contribution in [0.15, 0.2) is 35.2 Å². The molecule has 3 nitrogen and oxygen atoms in total. The number of aromatic amines is 1. The summed E-state index contributed by atoms with van der Waals surface area (Å²) in [5.74, 6) is 0. The van der Waals surface area contributed by atoms with Crippen molar-refractivity contribution in [3.05, 3.63) is 30.8 Å². The molecule has 0 bridgehead atoms. The van der Waals surface area contributed by atoms with E-state index in [0.717, 1.165) is 22.0 Å². The highest BCUT2D eigenvalue weighted by atomic mass is 16.3. The van der Waals surface area contributed by atoms with Gasteiger partial charge in [0, 0.05) is 23.2 Å². The lowest BCUT2D eigenvalue weighted by molar-refractivity contribution is 0.602. The van der Waals surface area contributed by atoms with E-state index < -0.39 is 0 Å². The van der Waals surface area contributed by atoms with Gasteiger partial charge in [-0.1, -0.05) is 0 Å². The summed E-state index contributed by atoms with van der Waals surface area (Å²) < 4.78 is 5.16. The lowest BCUT2D eigenvalue weighted by Gasteiger charge is -1.87. The van der Waals surface area contributed by atoms with E-state index in [1.54, 1.807) is 0 Å². The number of nitrogens with zero attached hydrogens (tertiary/aromatic N) is 1. The van der Waals surface area contributed by atoms with E-state index >= 15 is 0 Å². The fourth-order valence-electron chi connectivity index (χ4n) is 1.40. The third kappa shape index (κ3) is 0.625. The van der Waals surface area contributed by atoms with Gasteiger partial charge in [0.05, 0.1) is 0 Å². The number of hydrogen-bond acceptors (Lipinski definition) is 2. The van der Waals surface area contributed by atoms with Gasteiger partial charge >= 0.3 is 0 Å². The van der Waals surface area contributed by atoms with Gasteiger partial charge in [-0.25, -0.2) is 4.98 Å². The number of rotatable bonds is 0. The summed E-state index contributed by atoms with van der Waals surface area (Å²) in [7, 11) is 0. The Morgan fingerprint density at radius 2 is 2.33 bits per heavy atom. The summed E-state index contributed by atoms with van der Waals surface area (Å²) in [6.07, 6.45) is 3.37. The number of aromatic nitrogens is 2. The quantitative estimate of drug-likeness (QED) is 0.545. The van der Waals surface area contributed by atoms with Crippen molar-refractivity contribution in [3.63, 3.8) is 0 Å². The van der Waals surface area contributed by atoms with Gasteiger partial charge in [0.1, 0.15) is 5.52 Å². The molecule has 0 fully saturated rings. The SMILES string of the molecule is c1cc2cc3ncoc3cc2[nH]1. The molecule has 3 heteroatoms. The molecule has 0 saturated carbocycles. The van der Waals surface area contributed by atoms with E-state index in [0.29, 0.717) is 0 Å². The molecule has 2 heterocycles. The van der Waals surface area contributed by atoms with E-state index in [2.05, 4.69) is 9.97 Å². The van der Waals surface area contributed by atoms with Crippen molar-refractivity contribution in [1.29, 1.82) is 0 Å². The summed E-state index contributed by atoms with van der Waals surface area (Å²) in [6, 6.07) is 5.98. The summed E-state index contributed by atoms with van der Waals surface area (Å²) in [6.45, 7) is 0. The van der Waals surface area contributed by atoms with Crippen LogP contribution in [0, 0.1) is 0 Å². The van der Waals surface area contributed by atoms with Gasteiger partial charge in [0.25, 0.3) is 0 Å². The van der Waals surface area contributed by atoms with Crippen LogP contribution in [-0.4, -0.2) is 9.97 Å². The zero-order valence-corrected chi connectivity index (χ0v) is 6.24. The highest BCUT2D eigenvalue weighted by Gasteiger charge is 2.00. The number of nitrogens with one attached hydrogen (secondary N) is 1. The topological polar surface area (TPSA) is 41.8 Å². The van der Waals surface area contributed by atoms with E-state index in [4.69, 9.17) is 4.42 Å². The first-order valence-corrected chi connectivity index (χ1v) is 3.74. The molecule has 58 valence electrons. The van der Waals surface area contributed by atoms with Crippen molar-refractivity contribution >= 4 is 22.0 Å². The molecular weight excluding hydrogens is 152 g/mol. The average Bonchev–Trinajstić information content (AvgIpc) is 2.64. The van der Waals surface area contributed by atoms with Crippen molar-refractivity contribution in [2.24, 2.45) is 0 Å². The number of benzene rings is 1. The van der Waals surface area contributed by atoms with Gasteiger partial charge in [-0.15, -0.1) is 0 Å². The van der Waals surface area contributed by atoms with Crippen LogP contribution in [0.4, 0.5) is 0 Å². The first kappa shape index (κ1) is 5.83. The van der Waals surface area contributed by atoms with E-state index in [-0.39, 0.29) is 0 Å². The van der Waals surface area contributed by atoms with Crippen molar-refractivity contribution in [3.8, 4) is 0 Å². The first-order valence-electron chi connectivity index (χ1n) is 3.74. The fourth-order valence-corrected chi connectivity index (χ4v) is 1.40. The molecule has 1 aromatic carbocycles. The molecular formula is C9H6N2O. The van der Waals surface area contributed by atoms with Crippen LogP contribution in [-0.2, 0) is 0 Å². The average molecular weight is 158 g/mol. The van der Waals surface area contributed by atoms with Crippen LogP contribution in [0.1, 0.15) is 0 Å². The number of fused-ring (bicyclic) bond motifs is 2. The molecule has 0 saturated heterocycles. The number of oxazole rings is 1. The highest BCUT2D eigenvalue weighted by Crippen LogP contribution is 2.20. The highest BCUT2D eigenvalue weighted by molar-refractivity contribution is 5.92. The van der Waals surface area contributed by atoms with E-state index in [1.165, 1.54) is 6.39 Å².